The summed E-state index contributed by atoms with van der Waals surface area (Å²) in [5, 5.41) is 0. The van der Waals surface area contributed by atoms with Crippen LogP contribution in [0.25, 0.3) is 11.0 Å². The third-order valence-corrected chi connectivity index (χ3v) is 7.20. The van der Waals surface area contributed by atoms with Crippen LogP contribution in [0.4, 0.5) is 4.39 Å². The Morgan fingerprint density at radius 3 is 2.43 bits per heavy atom. The minimum absolute atomic E-state index is 0.139. The number of aromatic nitrogens is 2. The van der Waals surface area contributed by atoms with Crippen LogP contribution in [0.15, 0.2) is 71.2 Å². The molecule has 1 saturated heterocycles. The van der Waals surface area contributed by atoms with E-state index in [1.54, 1.807) is 13.2 Å². The van der Waals surface area contributed by atoms with Crippen LogP contribution >= 0.6 is 15.9 Å². The Morgan fingerprint density at radius 2 is 1.60 bits per heavy atom. The van der Waals surface area contributed by atoms with E-state index >= 15 is 0 Å². The number of para-hydroxylation sites is 3. The summed E-state index contributed by atoms with van der Waals surface area (Å²) in [6, 6.07) is 21.7. The zero-order valence-electron chi connectivity index (χ0n) is 20.0. The van der Waals surface area contributed by atoms with Crippen molar-refractivity contribution in [3.8, 4) is 5.75 Å². The molecule has 0 atom stereocenters. The zero-order chi connectivity index (χ0) is 24.2. The van der Waals surface area contributed by atoms with Crippen LogP contribution < -0.4 is 4.74 Å². The number of imidazole rings is 1. The van der Waals surface area contributed by atoms with Gasteiger partial charge in [0.1, 0.15) is 17.4 Å². The minimum Gasteiger partial charge on any atom is -0.496 e. The van der Waals surface area contributed by atoms with E-state index in [4.69, 9.17) is 9.72 Å². The first-order valence-corrected chi connectivity index (χ1v) is 12.8. The van der Waals surface area contributed by atoms with Gasteiger partial charge in [0.15, 0.2) is 0 Å². The second-order valence-corrected chi connectivity index (χ2v) is 9.97. The first-order valence-electron chi connectivity index (χ1n) is 12.1. The zero-order valence-corrected chi connectivity index (χ0v) is 21.5. The van der Waals surface area contributed by atoms with Crippen molar-refractivity contribution in [2.75, 3.05) is 33.3 Å². The van der Waals surface area contributed by atoms with E-state index in [1.165, 1.54) is 6.07 Å². The van der Waals surface area contributed by atoms with Crippen molar-refractivity contribution in [3.05, 3.63) is 94.0 Å². The van der Waals surface area contributed by atoms with Crippen LogP contribution in [-0.4, -0.2) is 52.6 Å². The lowest BCUT2D eigenvalue weighted by Crippen LogP contribution is -2.31. The molecule has 7 heteroatoms. The van der Waals surface area contributed by atoms with Crippen LogP contribution in [0.3, 0.4) is 0 Å². The maximum absolute atomic E-state index is 14.3. The van der Waals surface area contributed by atoms with Crippen molar-refractivity contribution < 1.29 is 9.13 Å². The quantitative estimate of drug-likeness (QED) is 0.303. The number of ether oxygens (including phenoxy) is 1. The highest BCUT2D eigenvalue weighted by Gasteiger charge is 2.20. The number of halogens is 2. The number of hydrogen-bond donors (Lipinski definition) is 0. The van der Waals surface area contributed by atoms with Gasteiger partial charge in [-0.25, -0.2) is 9.37 Å². The molecule has 4 aromatic rings. The molecule has 0 saturated carbocycles. The first-order chi connectivity index (χ1) is 17.1. The molecule has 182 valence electrons. The molecule has 1 aromatic heterocycles. The lowest BCUT2D eigenvalue weighted by atomic mass is 10.2. The van der Waals surface area contributed by atoms with Crippen LogP contribution in [0.5, 0.6) is 5.75 Å². The summed E-state index contributed by atoms with van der Waals surface area (Å²) in [5.41, 5.74) is 4.03. The molecule has 0 bridgehead atoms. The number of nitrogens with zero attached hydrogens (tertiary/aromatic N) is 4. The summed E-state index contributed by atoms with van der Waals surface area (Å²) in [4.78, 5) is 9.83. The van der Waals surface area contributed by atoms with Crippen molar-refractivity contribution >= 4 is 27.0 Å². The predicted octanol–water partition coefficient (Wildman–Crippen LogP) is 5.70. The lowest BCUT2D eigenvalue weighted by molar-refractivity contribution is 0.240. The Labute approximate surface area is 214 Å². The maximum atomic E-state index is 14.3. The Morgan fingerprint density at radius 1 is 0.857 bits per heavy atom. The second kappa shape index (κ2) is 10.9. The van der Waals surface area contributed by atoms with E-state index < -0.39 is 0 Å². The van der Waals surface area contributed by atoms with Gasteiger partial charge in [-0.1, -0.05) is 46.3 Å². The van der Waals surface area contributed by atoms with Gasteiger partial charge in [-0.15, -0.1) is 0 Å². The Kier molecular flexibility index (Phi) is 7.46. The number of benzene rings is 3. The van der Waals surface area contributed by atoms with Gasteiger partial charge in [0.2, 0.25) is 0 Å². The third-order valence-electron chi connectivity index (χ3n) is 6.70. The number of fused-ring (bicyclic) bond motifs is 1. The SMILES string of the molecule is COc1ccccc1Cn1c(CN2CCCN(Cc3cc(Br)ccc3F)CC2)nc2ccccc21. The molecule has 5 nitrogen and oxygen atoms in total. The van der Waals surface area contributed by atoms with Crippen molar-refractivity contribution in [2.45, 2.75) is 26.1 Å². The van der Waals surface area contributed by atoms with Crippen LogP contribution in [0.1, 0.15) is 23.4 Å². The lowest BCUT2D eigenvalue weighted by Gasteiger charge is -2.22. The molecule has 3 aromatic carbocycles. The summed E-state index contributed by atoms with van der Waals surface area (Å²) in [6.07, 6.45) is 1.04. The first kappa shape index (κ1) is 24.0. The van der Waals surface area contributed by atoms with Gasteiger partial charge in [-0.2, -0.15) is 0 Å². The van der Waals surface area contributed by atoms with Gasteiger partial charge in [-0.3, -0.25) is 9.80 Å². The minimum atomic E-state index is -0.139. The van der Waals surface area contributed by atoms with E-state index in [0.29, 0.717) is 13.1 Å². The molecule has 1 aliphatic heterocycles. The fraction of sp³-hybridized carbons (Fsp3) is 0.321. The highest BCUT2D eigenvalue weighted by atomic mass is 79.9. The van der Waals surface area contributed by atoms with Gasteiger partial charge in [0, 0.05) is 35.2 Å². The Balaban J connectivity index is 1.33. The topological polar surface area (TPSA) is 33.5 Å². The fourth-order valence-corrected chi connectivity index (χ4v) is 5.28. The van der Waals surface area contributed by atoms with E-state index in [-0.39, 0.29) is 5.82 Å². The van der Waals surface area contributed by atoms with E-state index in [1.807, 2.05) is 30.3 Å². The highest BCUT2D eigenvalue weighted by Crippen LogP contribution is 2.24. The molecule has 35 heavy (non-hydrogen) atoms. The van der Waals surface area contributed by atoms with Gasteiger partial charge in [-0.05, 0) is 55.9 Å². The number of hydrogen-bond acceptors (Lipinski definition) is 4. The third kappa shape index (κ3) is 5.58. The van der Waals surface area contributed by atoms with Crippen LogP contribution in [0.2, 0.25) is 0 Å². The number of rotatable bonds is 7. The van der Waals surface area contributed by atoms with Crippen molar-refractivity contribution in [2.24, 2.45) is 0 Å². The standard InChI is InChI=1S/C28H30BrFN4O/c1-35-27-10-5-2-7-21(27)19-34-26-9-4-3-8-25(26)31-28(34)20-33-14-6-13-32(15-16-33)18-22-17-23(29)11-12-24(22)30/h2-5,7-12,17H,6,13-16,18-20H2,1H3. The van der Waals surface area contributed by atoms with Gasteiger partial charge < -0.3 is 9.30 Å². The molecule has 1 fully saturated rings. The van der Waals surface area contributed by atoms with Gasteiger partial charge >= 0.3 is 0 Å². The Hall–Kier alpha value is -2.74. The molecule has 1 aliphatic rings. The molecule has 2 heterocycles. The molecule has 0 unspecified atom stereocenters. The molecular weight excluding hydrogens is 507 g/mol. The summed E-state index contributed by atoms with van der Waals surface area (Å²) in [6.45, 7) is 5.90. The van der Waals surface area contributed by atoms with Crippen LogP contribution in [0, 0.1) is 5.82 Å². The highest BCUT2D eigenvalue weighted by molar-refractivity contribution is 9.10. The van der Waals surface area contributed by atoms with E-state index in [9.17, 15) is 4.39 Å². The van der Waals surface area contributed by atoms with Crippen molar-refractivity contribution in [1.82, 2.24) is 19.4 Å². The summed E-state index contributed by atoms with van der Waals surface area (Å²) < 4.78 is 23.1. The van der Waals surface area contributed by atoms with E-state index in [0.717, 1.165) is 77.4 Å². The average Bonchev–Trinajstić information content (AvgIpc) is 3.05. The molecule has 5 rings (SSSR count). The largest absolute Gasteiger partial charge is 0.496 e. The Bertz CT molecular complexity index is 1310. The summed E-state index contributed by atoms with van der Waals surface area (Å²) >= 11 is 3.47. The molecular formula is C28H30BrFN4O. The van der Waals surface area contributed by atoms with Crippen molar-refractivity contribution in [1.29, 1.82) is 0 Å². The molecule has 0 spiro atoms. The van der Waals surface area contributed by atoms with Crippen molar-refractivity contribution in [3.63, 3.8) is 0 Å². The van der Waals surface area contributed by atoms with E-state index in [2.05, 4.69) is 54.6 Å². The summed E-state index contributed by atoms with van der Waals surface area (Å²) in [7, 11) is 1.72. The molecule has 0 aliphatic carbocycles. The maximum Gasteiger partial charge on any atom is 0.127 e. The summed E-state index contributed by atoms with van der Waals surface area (Å²) in [5.74, 6) is 1.81. The molecule has 0 amide bonds. The van der Waals surface area contributed by atoms with Crippen LogP contribution in [-0.2, 0) is 19.6 Å². The molecule has 0 radical (unpaired) electrons. The smallest absolute Gasteiger partial charge is 0.127 e. The average molecular weight is 537 g/mol. The fourth-order valence-electron chi connectivity index (χ4n) is 4.87. The predicted molar refractivity (Wildman–Crippen MR) is 141 cm³/mol. The normalized spacial score (nSPS) is 15.4. The second-order valence-electron chi connectivity index (χ2n) is 9.06. The number of methoxy groups -OCH3 is 1. The van der Waals surface area contributed by atoms with Gasteiger partial charge in [0.25, 0.3) is 0 Å². The van der Waals surface area contributed by atoms with Gasteiger partial charge in [0.05, 0.1) is 31.2 Å². The monoisotopic (exact) mass is 536 g/mol. The molecule has 0 N–H and O–H groups in total.